The predicted molar refractivity (Wildman–Crippen MR) is 53.5 cm³/mol. The molecule has 0 bridgehead atoms. The number of hydrogen-bond donors (Lipinski definition) is 0. The van der Waals surface area contributed by atoms with Crippen LogP contribution in [-0.4, -0.2) is 16.4 Å². The minimum absolute atomic E-state index is 0.152. The molecule has 2 heterocycles. The average molecular weight is 245 g/mol. The van der Waals surface area contributed by atoms with Gasteiger partial charge >= 0.3 is 0 Å². The van der Waals surface area contributed by atoms with Crippen molar-refractivity contribution in [3.05, 3.63) is 16.4 Å². The third kappa shape index (κ3) is 1.94. The van der Waals surface area contributed by atoms with Crippen LogP contribution in [0.2, 0.25) is 0 Å². The number of ether oxygens (including phenoxy) is 1. The Morgan fingerprint density at radius 1 is 1.62 bits per heavy atom. The molecule has 1 aliphatic rings. The van der Waals surface area contributed by atoms with Crippen LogP contribution in [0.3, 0.4) is 0 Å². The fraction of sp³-hybridized carbons (Fsp3) is 0.667. The summed E-state index contributed by atoms with van der Waals surface area (Å²) in [6.45, 7) is 2.85. The number of aromatic nitrogens is 2. The van der Waals surface area contributed by atoms with Crippen molar-refractivity contribution in [2.45, 2.75) is 32.4 Å². The topological polar surface area (TPSA) is 27.1 Å². The van der Waals surface area contributed by atoms with E-state index in [2.05, 4.69) is 21.0 Å². The zero-order valence-corrected chi connectivity index (χ0v) is 9.25. The highest BCUT2D eigenvalue weighted by molar-refractivity contribution is 9.10. The van der Waals surface area contributed by atoms with Crippen LogP contribution < -0.4 is 0 Å². The van der Waals surface area contributed by atoms with E-state index in [1.54, 1.807) is 0 Å². The first-order valence-electron chi connectivity index (χ1n) is 4.60. The van der Waals surface area contributed by atoms with Crippen LogP contribution in [-0.2, 0) is 4.74 Å². The minimum Gasteiger partial charge on any atom is -0.357 e. The van der Waals surface area contributed by atoms with Crippen LogP contribution in [0, 0.1) is 6.92 Å². The predicted octanol–water partition coefficient (Wildman–Crippen LogP) is 2.65. The fourth-order valence-corrected chi connectivity index (χ4v) is 1.83. The Hall–Kier alpha value is -0.350. The molecule has 0 aliphatic carbocycles. The lowest BCUT2D eigenvalue weighted by Crippen LogP contribution is -2.18. The highest BCUT2D eigenvalue weighted by Gasteiger charge is 2.16. The van der Waals surface area contributed by atoms with Crippen LogP contribution in [0.5, 0.6) is 0 Å². The highest BCUT2D eigenvalue weighted by Crippen LogP contribution is 2.24. The quantitative estimate of drug-likeness (QED) is 0.760. The Labute approximate surface area is 86.2 Å². The maximum atomic E-state index is 5.61. The zero-order valence-electron chi connectivity index (χ0n) is 7.66. The molecule has 1 aliphatic heterocycles. The number of halogens is 1. The van der Waals surface area contributed by atoms with Crippen molar-refractivity contribution < 1.29 is 4.74 Å². The van der Waals surface area contributed by atoms with Gasteiger partial charge in [0.2, 0.25) is 0 Å². The van der Waals surface area contributed by atoms with Crippen LogP contribution >= 0.6 is 15.9 Å². The van der Waals surface area contributed by atoms with E-state index in [1.807, 2.05) is 17.8 Å². The lowest BCUT2D eigenvalue weighted by molar-refractivity contribution is -0.0396. The van der Waals surface area contributed by atoms with E-state index in [9.17, 15) is 0 Å². The number of nitrogens with zero attached hydrogens (tertiary/aromatic N) is 2. The fourth-order valence-electron chi connectivity index (χ4n) is 1.54. The van der Waals surface area contributed by atoms with E-state index in [0.29, 0.717) is 0 Å². The van der Waals surface area contributed by atoms with Gasteiger partial charge in [0.15, 0.2) is 0 Å². The first-order valence-corrected chi connectivity index (χ1v) is 5.39. The molecule has 1 unspecified atom stereocenters. The molecule has 0 saturated carbocycles. The Balaban J connectivity index is 2.14. The molecular weight excluding hydrogens is 232 g/mol. The Bertz CT molecular complexity index is 272. The van der Waals surface area contributed by atoms with Crippen molar-refractivity contribution in [3.63, 3.8) is 0 Å². The summed E-state index contributed by atoms with van der Waals surface area (Å²) >= 11 is 3.44. The van der Waals surface area contributed by atoms with E-state index >= 15 is 0 Å². The first-order chi connectivity index (χ1) is 6.27. The molecule has 2 rings (SSSR count). The summed E-state index contributed by atoms with van der Waals surface area (Å²) in [5, 5.41) is 4.38. The van der Waals surface area contributed by atoms with Crippen LogP contribution in [0.15, 0.2) is 10.7 Å². The molecule has 0 radical (unpaired) electrons. The van der Waals surface area contributed by atoms with Gasteiger partial charge in [0.25, 0.3) is 0 Å². The molecule has 1 fully saturated rings. The van der Waals surface area contributed by atoms with Crippen molar-refractivity contribution in [2.75, 3.05) is 6.61 Å². The Kier molecular flexibility index (Phi) is 2.69. The second-order valence-corrected chi connectivity index (χ2v) is 4.22. The molecule has 3 nitrogen and oxygen atoms in total. The van der Waals surface area contributed by atoms with E-state index in [4.69, 9.17) is 4.74 Å². The lowest BCUT2D eigenvalue weighted by atomic mass is 10.2. The molecule has 13 heavy (non-hydrogen) atoms. The molecule has 72 valence electrons. The molecule has 0 N–H and O–H groups in total. The second-order valence-electron chi connectivity index (χ2n) is 3.36. The summed E-state index contributed by atoms with van der Waals surface area (Å²) in [5.74, 6) is 0. The van der Waals surface area contributed by atoms with Crippen molar-refractivity contribution in [3.8, 4) is 0 Å². The van der Waals surface area contributed by atoms with Crippen molar-refractivity contribution in [1.82, 2.24) is 9.78 Å². The standard InChI is InChI=1S/C9H13BrN2O/c1-7-8(10)6-12(11-7)9-4-2-3-5-13-9/h6,9H,2-5H2,1H3. The molecule has 0 aromatic carbocycles. The zero-order chi connectivity index (χ0) is 9.26. The van der Waals surface area contributed by atoms with Crippen LogP contribution in [0.25, 0.3) is 0 Å². The maximum absolute atomic E-state index is 5.61. The summed E-state index contributed by atoms with van der Waals surface area (Å²) < 4.78 is 8.58. The van der Waals surface area contributed by atoms with Gasteiger partial charge in [-0.15, -0.1) is 0 Å². The van der Waals surface area contributed by atoms with Crippen LogP contribution in [0.4, 0.5) is 0 Å². The van der Waals surface area contributed by atoms with Gasteiger partial charge in [-0.1, -0.05) is 0 Å². The van der Waals surface area contributed by atoms with Crippen molar-refractivity contribution in [2.24, 2.45) is 0 Å². The van der Waals surface area contributed by atoms with Gasteiger partial charge in [0, 0.05) is 12.8 Å². The summed E-state index contributed by atoms with van der Waals surface area (Å²) in [6.07, 6.45) is 5.64. The van der Waals surface area contributed by atoms with E-state index in [-0.39, 0.29) is 6.23 Å². The highest BCUT2D eigenvalue weighted by atomic mass is 79.9. The van der Waals surface area contributed by atoms with E-state index in [1.165, 1.54) is 12.8 Å². The van der Waals surface area contributed by atoms with E-state index < -0.39 is 0 Å². The number of aryl methyl sites for hydroxylation is 1. The van der Waals surface area contributed by atoms with Gasteiger partial charge in [0.05, 0.1) is 10.2 Å². The first kappa shape index (κ1) is 9.21. The van der Waals surface area contributed by atoms with Crippen molar-refractivity contribution in [1.29, 1.82) is 0 Å². The van der Waals surface area contributed by atoms with Crippen LogP contribution in [0.1, 0.15) is 31.2 Å². The third-order valence-corrected chi connectivity index (χ3v) is 3.09. The van der Waals surface area contributed by atoms with Gasteiger partial charge in [-0.05, 0) is 42.1 Å². The summed E-state index contributed by atoms with van der Waals surface area (Å²) in [4.78, 5) is 0. The number of hydrogen-bond acceptors (Lipinski definition) is 2. The molecule has 1 aromatic rings. The molecule has 4 heteroatoms. The molecule has 0 amide bonds. The molecule has 1 aromatic heterocycles. The smallest absolute Gasteiger partial charge is 0.150 e. The summed E-state index contributed by atoms with van der Waals surface area (Å²) in [7, 11) is 0. The van der Waals surface area contributed by atoms with E-state index in [0.717, 1.165) is 23.2 Å². The minimum atomic E-state index is 0.152. The Morgan fingerprint density at radius 2 is 2.46 bits per heavy atom. The third-order valence-electron chi connectivity index (χ3n) is 2.31. The number of rotatable bonds is 1. The Morgan fingerprint density at radius 3 is 3.00 bits per heavy atom. The SMILES string of the molecule is Cc1nn(C2CCCCO2)cc1Br. The lowest BCUT2D eigenvalue weighted by Gasteiger charge is -2.22. The maximum Gasteiger partial charge on any atom is 0.150 e. The average Bonchev–Trinajstić information content (AvgIpc) is 2.49. The molecular formula is C9H13BrN2O. The van der Waals surface area contributed by atoms with Gasteiger partial charge in [-0.25, -0.2) is 4.68 Å². The summed E-state index contributed by atoms with van der Waals surface area (Å²) in [6, 6.07) is 0. The molecule has 1 atom stereocenters. The second kappa shape index (κ2) is 3.80. The molecule has 1 saturated heterocycles. The van der Waals surface area contributed by atoms with Crippen molar-refractivity contribution >= 4 is 15.9 Å². The van der Waals surface area contributed by atoms with Gasteiger partial charge < -0.3 is 4.74 Å². The molecule has 0 spiro atoms. The normalized spacial score (nSPS) is 23.4. The summed E-state index contributed by atoms with van der Waals surface area (Å²) in [5.41, 5.74) is 1.02. The largest absolute Gasteiger partial charge is 0.357 e. The van der Waals surface area contributed by atoms with Gasteiger partial charge in [-0.2, -0.15) is 5.10 Å². The van der Waals surface area contributed by atoms with Gasteiger partial charge in [-0.3, -0.25) is 0 Å². The monoisotopic (exact) mass is 244 g/mol. The van der Waals surface area contributed by atoms with Gasteiger partial charge in [0.1, 0.15) is 6.23 Å².